The molecule has 0 bridgehead atoms. The first-order valence-electron chi connectivity index (χ1n) is 9.06. The van der Waals surface area contributed by atoms with Crippen LogP contribution >= 0.6 is 23.2 Å². The van der Waals surface area contributed by atoms with E-state index >= 15 is 0 Å². The second kappa shape index (κ2) is 12.6. The van der Waals surface area contributed by atoms with Gasteiger partial charge in [-0.1, -0.05) is 30.2 Å². The van der Waals surface area contributed by atoms with E-state index in [-0.39, 0.29) is 12.4 Å². The van der Waals surface area contributed by atoms with Crippen molar-refractivity contribution in [3.63, 3.8) is 0 Å². The molecular formula is C20H29Cl3N2. The number of nitrogens with zero attached hydrogens (tertiary/aromatic N) is 2. The number of aromatic nitrogens is 2. The van der Waals surface area contributed by atoms with Crippen LogP contribution in [0.1, 0.15) is 49.9 Å². The van der Waals surface area contributed by atoms with Crippen LogP contribution in [0.3, 0.4) is 0 Å². The molecule has 0 spiro atoms. The highest BCUT2D eigenvalue weighted by Crippen LogP contribution is 2.12. The summed E-state index contributed by atoms with van der Waals surface area (Å²) in [6.07, 6.45) is 12.9. The lowest BCUT2D eigenvalue weighted by atomic mass is 10.1. The van der Waals surface area contributed by atoms with Gasteiger partial charge in [0.2, 0.25) is 0 Å². The van der Waals surface area contributed by atoms with Crippen molar-refractivity contribution in [2.75, 3.05) is 5.88 Å². The Kier molecular flexibility index (Phi) is 11.3. The third-order valence-electron chi connectivity index (χ3n) is 4.57. The third-order valence-corrected chi connectivity index (χ3v) is 5.09. The summed E-state index contributed by atoms with van der Waals surface area (Å²) in [6, 6.07) is 8.20. The van der Waals surface area contributed by atoms with E-state index < -0.39 is 0 Å². The third kappa shape index (κ3) is 8.02. The lowest BCUT2D eigenvalue weighted by Gasteiger charge is -2.03. The normalized spacial score (nSPS) is 10.7. The van der Waals surface area contributed by atoms with Crippen molar-refractivity contribution in [1.82, 2.24) is 4.57 Å². The Morgan fingerprint density at radius 1 is 0.960 bits per heavy atom. The van der Waals surface area contributed by atoms with Gasteiger partial charge in [0.25, 0.3) is 5.82 Å². The number of aryl methyl sites for hydroxylation is 3. The predicted octanol–water partition coefficient (Wildman–Crippen LogP) is 2.56. The van der Waals surface area contributed by atoms with Gasteiger partial charge < -0.3 is 12.4 Å². The first kappa shape index (κ1) is 22.3. The maximum Gasteiger partial charge on any atom is 0.253 e. The van der Waals surface area contributed by atoms with E-state index in [0.717, 1.165) is 36.8 Å². The van der Waals surface area contributed by atoms with Crippen molar-refractivity contribution in [2.45, 2.75) is 65.0 Å². The Bertz CT molecular complexity index is 593. The molecule has 2 rings (SSSR count). The van der Waals surface area contributed by atoms with Crippen molar-refractivity contribution in [2.24, 2.45) is 0 Å². The van der Waals surface area contributed by atoms with Gasteiger partial charge in [-0.15, -0.1) is 11.6 Å². The van der Waals surface area contributed by atoms with Gasteiger partial charge in [-0.2, -0.15) is 0 Å². The first-order valence-corrected chi connectivity index (χ1v) is 9.97. The molecule has 2 nitrogen and oxygen atoms in total. The molecular weight excluding hydrogens is 375 g/mol. The van der Waals surface area contributed by atoms with Crippen molar-refractivity contribution < 1.29 is 17.0 Å². The smallest absolute Gasteiger partial charge is 0.253 e. The summed E-state index contributed by atoms with van der Waals surface area (Å²) in [4.78, 5) is 0. The average Bonchev–Trinajstić information content (AvgIpc) is 2.93. The fraction of sp³-hybridized carbons (Fsp3) is 0.550. The Hall–Kier alpha value is -0.700. The second-order valence-electron chi connectivity index (χ2n) is 6.42. The number of alkyl halides is 1. The van der Waals surface area contributed by atoms with E-state index in [1.54, 1.807) is 0 Å². The van der Waals surface area contributed by atoms with Gasteiger partial charge in [0.1, 0.15) is 12.4 Å². The lowest BCUT2D eigenvalue weighted by Crippen LogP contribution is -3.00. The number of rotatable bonds is 11. The van der Waals surface area contributed by atoms with Crippen molar-refractivity contribution >= 4 is 23.2 Å². The summed E-state index contributed by atoms with van der Waals surface area (Å²) < 4.78 is 4.75. The van der Waals surface area contributed by atoms with Gasteiger partial charge in [0.15, 0.2) is 0 Å². The average molecular weight is 404 g/mol. The van der Waals surface area contributed by atoms with E-state index in [1.807, 2.05) is 12.1 Å². The van der Waals surface area contributed by atoms with Crippen LogP contribution in [0, 0.1) is 6.92 Å². The molecule has 1 aromatic carbocycles. The van der Waals surface area contributed by atoms with Gasteiger partial charge >= 0.3 is 0 Å². The molecule has 0 aliphatic rings. The van der Waals surface area contributed by atoms with Crippen LogP contribution in [0.15, 0.2) is 36.7 Å². The van der Waals surface area contributed by atoms with Gasteiger partial charge in [-0.3, -0.25) is 0 Å². The molecule has 1 aromatic heterocycles. The van der Waals surface area contributed by atoms with Gasteiger partial charge in [0, 0.05) is 17.8 Å². The topological polar surface area (TPSA) is 8.81 Å². The predicted molar refractivity (Wildman–Crippen MR) is 103 cm³/mol. The van der Waals surface area contributed by atoms with Crippen molar-refractivity contribution in [3.05, 3.63) is 53.1 Å². The second-order valence-corrected chi connectivity index (χ2v) is 7.23. The van der Waals surface area contributed by atoms with Crippen LogP contribution in [-0.2, 0) is 19.5 Å². The summed E-state index contributed by atoms with van der Waals surface area (Å²) >= 11 is 11.6. The molecule has 5 heteroatoms. The zero-order chi connectivity index (χ0) is 17.2. The van der Waals surface area contributed by atoms with Crippen LogP contribution in [0.2, 0.25) is 5.02 Å². The molecule has 0 N–H and O–H groups in total. The number of hydrogen-bond donors (Lipinski definition) is 0. The van der Waals surface area contributed by atoms with E-state index in [4.69, 9.17) is 23.2 Å². The quantitative estimate of drug-likeness (QED) is 0.310. The summed E-state index contributed by atoms with van der Waals surface area (Å²) in [7, 11) is 0. The van der Waals surface area contributed by atoms with E-state index in [0.29, 0.717) is 0 Å². The number of unbranched alkanes of at least 4 members (excludes halogenated alkanes) is 4. The van der Waals surface area contributed by atoms with Crippen LogP contribution in [0.4, 0.5) is 0 Å². The maximum absolute atomic E-state index is 5.92. The standard InChI is InChI=1S/C20H29Cl2N2.ClH/c1-18-23(14-6-3-2-5-13-21)16-17-24(18)15-7-4-8-19-9-11-20(22)12-10-19;/h9-12,16-17H,2-8,13-15H2,1H3;1H/q+1;/p-1. The molecule has 0 saturated carbocycles. The van der Waals surface area contributed by atoms with Crippen molar-refractivity contribution in [3.8, 4) is 0 Å². The molecule has 0 aliphatic carbocycles. The molecule has 0 radical (unpaired) electrons. The molecule has 0 aliphatic heterocycles. The monoisotopic (exact) mass is 402 g/mol. The van der Waals surface area contributed by atoms with Crippen LogP contribution in [-0.4, -0.2) is 10.4 Å². The van der Waals surface area contributed by atoms with Gasteiger partial charge in [0.05, 0.1) is 13.1 Å². The molecule has 140 valence electrons. The number of benzene rings is 1. The number of hydrogen-bond acceptors (Lipinski definition) is 0. The highest BCUT2D eigenvalue weighted by Gasteiger charge is 2.11. The summed E-state index contributed by atoms with van der Waals surface area (Å²) in [5.74, 6) is 2.15. The molecule has 0 unspecified atom stereocenters. The number of halogens is 3. The SMILES string of the molecule is Cc1n(CCCCc2ccc(Cl)cc2)cc[n+]1CCCCCCCl.[Cl-]. The molecule has 0 atom stereocenters. The molecule has 2 aromatic rings. The minimum Gasteiger partial charge on any atom is -1.00 e. The first-order chi connectivity index (χ1) is 11.7. The van der Waals surface area contributed by atoms with E-state index in [2.05, 4.69) is 40.6 Å². The van der Waals surface area contributed by atoms with E-state index in [1.165, 1.54) is 43.5 Å². The van der Waals surface area contributed by atoms with Gasteiger partial charge in [-0.05, 0) is 56.2 Å². The summed E-state index contributed by atoms with van der Waals surface area (Å²) in [5, 5.41) is 0.814. The minimum absolute atomic E-state index is 0. The van der Waals surface area contributed by atoms with Gasteiger partial charge in [-0.25, -0.2) is 9.13 Å². The van der Waals surface area contributed by atoms with E-state index in [9.17, 15) is 0 Å². The molecule has 1 heterocycles. The molecule has 0 saturated heterocycles. The highest BCUT2D eigenvalue weighted by molar-refractivity contribution is 6.30. The highest BCUT2D eigenvalue weighted by atomic mass is 35.5. The summed E-state index contributed by atoms with van der Waals surface area (Å²) in [5.41, 5.74) is 1.37. The molecule has 0 amide bonds. The fourth-order valence-electron chi connectivity index (χ4n) is 3.01. The Morgan fingerprint density at radius 3 is 2.40 bits per heavy atom. The Morgan fingerprint density at radius 2 is 1.68 bits per heavy atom. The van der Waals surface area contributed by atoms with Crippen LogP contribution in [0.5, 0.6) is 0 Å². The lowest BCUT2D eigenvalue weighted by molar-refractivity contribution is -0.702. The van der Waals surface area contributed by atoms with Crippen LogP contribution < -0.4 is 17.0 Å². The fourth-order valence-corrected chi connectivity index (χ4v) is 3.32. The van der Waals surface area contributed by atoms with Crippen molar-refractivity contribution in [1.29, 1.82) is 0 Å². The molecule has 0 fully saturated rings. The number of imidazole rings is 1. The van der Waals surface area contributed by atoms with Crippen LogP contribution in [0.25, 0.3) is 0 Å². The summed E-state index contributed by atoms with van der Waals surface area (Å²) in [6.45, 7) is 4.43. The largest absolute Gasteiger partial charge is 1.00 e. The Balaban J connectivity index is 0.00000312. The zero-order valence-corrected chi connectivity index (χ0v) is 17.3. The zero-order valence-electron chi connectivity index (χ0n) is 15.1. The maximum atomic E-state index is 5.92. The Labute approximate surface area is 168 Å². The minimum atomic E-state index is 0. The molecule has 25 heavy (non-hydrogen) atoms.